The van der Waals surface area contributed by atoms with Crippen LogP contribution in [-0.2, 0) is 9.59 Å². The molecular weight excluding hydrogens is 259 g/mol. The number of piperidine rings is 1. The number of rotatable bonds is 4. The topological polar surface area (TPSA) is 49.4 Å². The lowest BCUT2D eigenvalue weighted by Gasteiger charge is -2.30. The molecule has 0 aromatic heterocycles. The number of hydrogen-bond acceptors (Lipinski definition) is 3. The Morgan fingerprint density at radius 2 is 2.10 bits per heavy atom. The number of carbonyl (C=O) groups is 2. The zero-order chi connectivity index (χ0) is 14.5. The lowest BCUT2D eigenvalue weighted by atomic mass is 9.94. The summed E-state index contributed by atoms with van der Waals surface area (Å²) >= 11 is 0. The molecule has 20 heavy (non-hydrogen) atoms. The van der Waals surface area contributed by atoms with Gasteiger partial charge in [0, 0.05) is 31.1 Å². The second-order valence-corrected chi connectivity index (χ2v) is 5.11. The summed E-state index contributed by atoms with van der Waals surface area (Å²) in [5.41, 5.74) is 0.580. The third-order valence-electron chi connectivity index (χ3n) is 3.60. The first-order chi connectivity index (χ1) is 9.58. The number of anilines is 1. The lowest BCUT2D eigenvalue weighted by molar-refractivity contribution is -0.128. The van der Waals surface area contributed by atoms with Crippen molar-refractivity contribution >= 4 is 17.4 Å². The van der Waals surface area contributed by atoms with E-state index in [0.29, 0.717) is 31.0 Å². The van der Waals surface area contributed by atoms with Crippen molar-refractivity contribution in [2.24, 2.45) is 5.92 Å². The van der Waals surface area contributed by atoms with Gasteiger partial charge in [-0.2, -0.15) is 0 Å². The molecule has 0 aliphatic carbocycles. The summed E-state index contributed by atoms with van der Waals surface area (Å²) < 4.78 is 12.8. The third kappa shape index (κ3) is 3.87. The van der Waals surface area contributed by atoms with Gasteiger partial charge in [0.2, 0.25) is 5.91 Å². The van der Waals surface area contributed by atoms with E-state index in [1.807, 2.05) is 11.8 Å². The second kappa shape index (κ2) is 6.61. The van der Waals surface area contributed by atoms with Gasteiger partial charge in [-0.1, -0.05) is 6.92 Å². The molecule has 1 atom stereocenters. The summed E-state index contributed by atoms with van der Waals surface area (Å²) in [6, 6.07) is 5.67. The van der Waals surface area contributed by atoms with Gasteiger partial charge in [0.15, 0.2) is 0 Å². The van der Waals surface area contributed by atoms with Gasteiger partial charge in [-0.3, -0.25) is 14.5 Å². The number of halogens is 1. The Hall–Kier alpha value is -1.75. The van der Waals surface area contributed by atoms with E-state index in [1.54, 1.807) is 0 Å². The van der Waals surface area contributed by atoms with E-state index in [4.69, 9.17) is 0 Å². The largest absolute Gasteiger partial charge is 0.325 e. The highest BCUT2D eigenvalue weighted by Gasteiger charge is 2.26. The maximum atomic E-state index is 12.8. The van der Waals surface area contributed by atoms with Gasteiger partial charge in [0.25, 0.3) is 0 Å². The summed E-state index contributed by atoms with van der Waals surface area (Å²) in [4.78, 5) is 25.5. The first-order valence-electron chi connectivity index (χ1n) is 6.89. The number of likely N-dealkylation sites (tertiary alicyclic amines) is 1. The zero-order valence-electron chi connectivity index (χ0n) is 11.6. The highest BCUT2D eigenvalue weighted by Crippen LogP contribution is 2.16. The molecule has 0 radical (unpaired) electrons. The minimum absolute atomic E-state index is 0.0439. The number of benzene rings is 1. The lowest BCUT2D eigenvalue weighted by Crippen LogP contribution is -2.44. The quantitative estimate of drug-likeness (QED) is 0.917. The molecule has 1 heterocycles. The van der Waals surface area contributed by atoms with E-state index in [2.05, 4.69) is 5.32 Å². The number of hydrogen-bond donors (Lipinski definition) is 1. The van der Waals surface area contributed by atoms with Crippen LogP contribution in [0.2, 0.25) is 0 Å². The molecular formula is C15H19FN2O2. The van der Waals surface area contributed by atoms with Gasteiger partial charge >= 0.3 is 0 Å². The fraction of sp³-hybridized carbons (Fsp3) is 0.467. The van der Waals surface area contributed by atoms with Crippen LogP contribution in [0.15, 0.2) is 24.3 Å². The van der Waals surface area contributed by atoms with E-state index >= 15 is 0 Å². The van der Waals surface area contributed by atoms with Gasteiger partial charge in [-0.15, -0.1) is 0 Å². The van der Waals surface area contributed by atoms with Crippen molar-refractivity contribution in [3.8, 4) is 0 Å². The van der Waals surface area contributed by atoms with Crippen LogP contribution in [0.25, 0.3) is 0 Å². The van der Waals surface area contributed by atoms with Gasteiger partial charge in [-0.25, -0.2) is 4.39 Å². The molecule has 2 rings (SSSR count). The van der Waals surface area contributed by atoms with Gasteiger partial charge < -0.3 is 5.32 Å². The predicted molar refractivity (Wildman–Crippen MR) is 74.9 cm³/mol. The van der Waals surface area contributed by atoms with Crippen LogP contribution in [0.4, 0.5) is 10.1 Å². The molecule has 1 N–H and O–H groups in total. The van der Waals surface area contributed by atoms with E-state index in [0.717, 1.165) is 6.42 Å². The Morgan fingerprint density at radius 3 is 2.75 bits per heavy atom. The number of carbonyl (C=O) groups excluding carboxylic acids is 2. The first-order valence-corrected chi connectivity index (χ1v) is 6.89. The average Bonchev–Trinajstić information content (AvgIpc) is 2.43. The van der Waals surface area contributed by atoms with Gasteiger partial charge in [0.1, 0.15) is 11.6 Å². The monoisotopic (exact) mass is 278 g/mol. The van der Waals surface area contributed by atoms with E-state index in [9.17, 15) is 14.0 Å². The number of ketones is 1. The molecule has 4 nitrogen and oxygen atoms in total. The normalized spacial score (nSPS) is 19.9. The van der Waals surface area contributed by atoms with Crippen molar-refractivity contribution in [2.45, 2.75) is 19.8 Å². The summed E-state index contributed by atoms with van der Waals surface area (Å²) in [5, 5.41) is 2.73. The third-order valence-corrected chi connectivity index (χ3v) is 3.60. The smallest absolute Gasteiger partial charge is 0.238 e. The zero-order valence-corrected chi connectivity index (χ0v) is 11.6. The standard InChI is InChI=1S/C15H19FN2O2/c1-2-11-9-18(8-7-14(11)19)10-15(20)17-13-5-3-12(16)4-6-13/h3-6,11H,2,7-10H2,1H3,(H,17,20). The molecule has 1 aliphatic rings. The van der Waals surface area contributed by atoms with Crippen LogP contribution in [-0.4, -0.2) is 36.2 Å². The van der Waals surface area contributed by atoms with Gasteiger partial charge in [-0.05, 0) is 30.7 Å². The van der Waals surface area contributed by atoms with Crippen LogP contribution in [0.1, 0.15) is 19.8 Å². The SMILES string of the molecule is CCC1CN(CC(=O)Nc2ccc(F)cc2)CCC1=O. The fourth-order valence-corrected chi connectivity index (χ4v) is 2.41. The summed E-state index contributed by atoms with van der Waals surface area (Å²) in [6.07, 6.45) is 1.33. The average molecular weight is 278 g/mol. The van der Waals surface area contributed by atoms with Crippen LogP contribution in [0.3, 0.4) is 0 Å². The molecule has 1 unspecified atom stereocenters. The predicted octanol–water partition coefficient (Wildman–Crippen LogP) is 2.07. The second-order valence-electron chi connectivity index (χ2n) is 5.11. The van der Waals surface area contributed by atoms with E-state index in [1.165, 1.54) is 24.3 Å². The molecule has 1 saturated heterocycles. The van der Waals surface area contributed by atoms with E-state index in [-0.39, 0.29) is 24.2 Å². The van der Waals surface area contributed by atoms with Crippen molar-refractivity contribution < 1.29 is 14.0 Å². The highest BCUT2D eigenvalue weighted by molar-refractivity contribution is 5.92. The van der Waals surface area contributed by atoms with E-state index < -0.39 is 0 Å². The van der Waals surface area contributed by atoms with Crippen molar-refractivity contribution in [2.75, 3.05) is 25.0 Å². The Kier molecular flexibility index (Phi) is 4.84. The maximum Gasteiger partial charge on any atom is 0.238 e. The van der Waals surface area contributed by atoms with Crippen LogP contribution in [0.5, 0.6) is 0 Å². The minimum Gasteiger partial charge on any atom is -0.325 e. The molecule has 1 aliphatic heterocycles. The summed E-state index contributed by atoms with van der Waals surface area (Å²) in [5.74, 6) is -0.130. The minimum atomic E-state index is -0.330. The van der Waals surface area contributed by atoms with Crippen LogP contribution in [0, 0.1) is 11.7 Å². The maximum absolute atomic E-state index is 12.8. The molecule has 0 saturated carbocycles. The highest BCUT2D eigenvalue weighted by atomic mass is 19.1. The molecule has 1 aromatic rings. The van der Waals surface area contributed by atoms with Crippen molar-refractivity contribution in [1.29, 1.82) is 0 Å². The Balaban J connectivity index is 1.85. The summed E-state index contributed by atoms with van der Waals surface area (Å²) in [7, 11) is 0. The van der Waals surface area contributed by atoms with Gasteiger partial charge in [0.05, 0.1) is 6.54 Å². The molecule has 5 heteroatoms. The molecule has 0 spiro atoms. The number of nitrogens with one attached hydrogen (secondary N) is 1. The number of nitrogens with zero attached hydrogens (tertiary/aromatic N) is 1. The first kappa shape index (κ1) is 14.7. The van der Waals surface area contributed by atoms with Crippen molar-refractivity contribution in [3.63, 3.8) is 0 Å². The Labute approximate surface area is 118 Å². The van der Waals surface area contributed by atoms with Crippen LogP contribution < -0.4 is 5.32 Å². The fourth-order valence-electron chi connectivity index (χ4n) is 2.41. The van der Waals surface area contributed by atoms with Crippen molar-refractivity contribution in [3.05, 3.63) is 30.1 Å². The molecule has 0 bridgehead atoms. The van der Waals surface area contributed by atoms with Crippen molar-refractivity contribution in [1.82, 2.24) is 4.90 Å². The Morgan fingerprint density at radius 1 is 1.40 bits per heavy atom. The Bertz CT molecular complexity index is 487. The number of amides is 1. The summed E-state index contributed by atoms with van der Waals surface area (Å²) in [6.45, 7) is 3.53. The molecule has 1 fully saturated rings. The van der Waals surface area contributed by atoms with Crippen LogP contribution >= 0.6 is 0 Å². The molecule has 1 aromatic carbocycles. The molecule has 1 amide bonds. The number of Topliss-reactive ketones (excluding diaryl/α,β-unsaturated/α-hetero) is 1. The molecule has 108 valence electrons.